The number of anilines is 1. The number of carboxylic acids is 1. The number of rotatable bonds is 5. The molecular formula is C21H21NO4. The van der Waals surface area contributed by atoms with E-state index in [1.165, 1.54) is 6.07 Å². The lowest BCUT2D eigenvalue weighted by Gasteiger charge is -2.15. The highest BCUT2D eigenvalue weighted by molar-refractivity contribution is 5.96. The van der Waals surface area contributed by atoms with Crippen LogP contribution >= 0.6 is 0 Å². The second-order valence-corrected chi connectivity index (χ2v) is 6.60. The molecular weight excluding hydrogens is 330 g/mol. The van der Waals surface area contributed by atoms with Gasteiger partial charge < -0.3 is 14.8 Å². The van der Waals surface area contributed by atoms with Gasteiger partial charge in [0.1, 0.15) is 5.58 Å². The van der Waals surface area contributed by atoms with Crippen molar-refractivity contribution < 1.29 is 14.3 Å². The fourth-order valence-corrected chi connectivity index (χ4v) is 3.30. The molecule has 2 aromatic carbocycles. The van der Waals surface area contributed by atoms with Crippen molar-refractivity contribution in [2.45, 2.75) is 33.2 Å². The Morgan fingerprint density at radius 2 is 1.85 bits per heavy atom. The summed E-state index contributed by atoms with van der Waals surface area (Å²) in [6.45, 7) is 5.83. The van der Waals surface area contributed by atoms with E-state index in [1.807, 2.05) is 44.2 Å². The zero-order chi connectivity index (χ0) is 18.8. The first-order valence-corrected chi connectivity index (χ1v) is 8.48. The molecule has 0 aliphatic heterocycles. The van der Waals surface area contributed by atoms with Gasteiger partial charge in [-0.2, -0.15) is 0 Å². The Hall–Kier alpha value is -3.08. The number of benzene rings is 2. The summed E-state index contributed by atoms with van der Waals surface area (Å²) in [5.74, 6) is -0.866. The minimum atomic E-state index is -0.866. The van der Waals surface area contributed by atoms with Gasteiger partial charge in [-0.05, 0) is 49.6 Å². The predicted octanol–water partition coefficient (Wildman–Crippen LogP) is 4.35. The maximum Gasteiger partial charge on any atom is 0.336 e. The average molecular weight is 351 g/mol. The van der Waals surface area contributed by atoms with E-state index < -0.39 is 11.6 Å². The first-order valence-electron chi connectivity index (χ1n) is 8.48. The van der Waals surface area contributed by atoms with E-state index in [1.54, 1.807) is 13.0 Å². The number of fused-ring (bicyclic) bond motifs is 1. The van der Waals surface area contributed by atoms with Crippen LogP contribution in [0, 0.1) is 13.8 Å². The van der Waals surface area contributed by atoms with Gasteiger partial charge in [0.2, 0.25) is 0 Å². The topological polar surface area (TPSA) is 79.5 Å². The lowest BCUT2D eigenvalue weighted by molar-refractivity contribution is -0.137. The standard InChI is InChI=1S/C21H21NO4/c1-12-5-4-6-13(2)21(12)17-11-20(25)26-18-10-15(7-8-16(17)18)22-14(3)9-19(23)24/h4-8,10-11,14,22H,9H2,1-3H3,(H,23,24)/t14-/m1/s1. The Labute approximate surface area is 151 Å². The second-order valence-electron chi connectivity index (χ2n) is 6.60. The van der Waals surface area contributed by atoms with Crippen molar-refractivity contribution in [3.05, 3.63) is 64.0 Å². The molecule has 26 heavy (non-hydrogen) atoms. The molecule has 0 saturated heterocycles. The third-order valence-electron chi connectivity index (χ3n) is 4.39. The van der Waals surface area contributed by atoms with E-state index in [0.717, 1.165) is 27.6 Å². The Bertz CT molecular complexity index is 1020. The highest BCUT2D eigenvalue weighted by Crippen LogP contribution is 2.33. The third-order valence-corrected chi connectivity index (χ3v) is 4.39. The smallest absolute Gasteiger partial charge is 0.336 e. The van der Waals surface area contributed by atoms with Crippen molar-refractivity contribution in [3.8, 4) is 11.1 Å². The van der Waals surface area contributed by atoms with Gasteiger partial charge in [0.15, 0.2) is 0 Å². The fraction of sp³-hybridized carbons (Fsp3) is 0.238. The fourth-order valence-electron chi connectivity index (χ4n) is 3.30. The van der Waals surface area contributed by atoms with Crippen molar-refractivity contribution in [2.24, 2.45) is 0 Å². The number of nitrogens with one attached hydrogen (secondary N) is 1. The SMILES string of the molecule is Cc1cccc(C)c1-c1cc(=O)oc2cc(N[C@H](C)CC(=O)O)ccc12. The Kier molecular flexibility index (Phi) is 4.80. The minimum absolute atomic E-state index is 0.00439. The molecule has 0 bridgehead atoms. The van der Waals surface area contributed by atoms with Crippen LogP contribution in [-0.4, -0.2) is 17.1 Å². The second kappa shape index (κ2) is 7.04. The maximum atomic E-state index is 12.1. The van der Waals surface area contributed by atoms with Crippen molar-refractivity contribution >= 4 is 22.6 Å². The molecule has 5 heteroatoms. The molecule has 1 atom stereocenters. The molecule has 2 N–H and O–H groups in total. The predicted molar refractivity (Wildman–Crippen MR) is 103 cm³/mol. The van der Waals surface area contributed by atoms with Gasteiger partial charge in [-0.25, -0.2) is 4.79 Å². The van der Waals surface area contributed by atoms with E-state index in [2.05, 4.69) is 5.32 Å². The highest BCUT2D eigenvalue weighted by Gasteiger charge is 2.13. The summed E-state index contributed by atoms with van der Waals surface area (Å²) >= 11 is 0. The summed E-state index contributed by atoms with van der Waals surface area (Å²) in [5.41, 5.74) is 4.84. The monoisotopic (exact) mass is 351 g/mol. The van der Waals surface area contributed by atoms with E-state index in [0.29, 0.717) is 11.3 Å². The van der Waals surface area contributed by atoms with E-state index in [-0.39, 0.29) is 12.5 Å². The number of aryl methyl sites for hydroxylation is 2. The molecule has 0 radical (unpaired) electrons. The number of carbonyl (C=O) groups is 1. The largest absolute Gasteiger partial charge is 0.481 e. The molecule has 3 aromatic rings. The average Bonchev–Trinajstić information content (AvgIpc) is 2.53. The number of hydrogen-bond donors (Lipinski definition) is 2. The molecule has 3 rings (SSSR count). The van der Waals surface area contributed by atoms with Crippen LogP contribution in [0.5, 0.6) is 0 Å². The molecule has 0 saturated carbocycles. The van der Waals surface area contributed by atoms with Gasteiger partial charge in [0.05, 0.1) is 6.42 Å². The molecule has 1 aromatic heterocycles. The van der Waals surface area contributed by atoms with Crippen molar-refractivity contribution in [1.29, 1.82) is 0 Å². The van der Waals surface area contributed by atoms with Crippen LogP contribution < -0.4 is 10.9 Å². The Morgan fingerprint density at radius 1 is 1.15 bits per heavy atom. The normalized spacial score (nSPS) is 12.1. The quantitative estimate of drug-likeness (QED) is 0.668. The van der Waals surface area contributed by atoms with Gasteiger partial charge in [-0.15, -0.1) is 0 Å². The van der Waals surface area contributed by atoms with Gasteiger partial charge in [-0.3, -0.25) is 4.79 Å². The minimum Gasteiger partial charge on any atom is -0.481 e. The summed E-state index contributed by atoms with van der Waals surface area (Å²) in [4.78, 5) is 22.9. The first-order chi connectivity index (χ1) is 12.3. The number of carboxylic acid groups (broad SMARTS) is 1. The lowest BCUT2D eigenvalue weighted by atomic mass is 9.94. The summed E-state index contributed by atoms with van der Waals surface area (Å²) in [6.07, 6.45) is 0.00439. The van der Waals surface area contributed by atoms with E-state index in [4.69, 9.17) is 9.52 Å². The molecule has 0 spiro atoms. The van der Waals surface area contributed by atoms with Crippen LogP contribution in [0.15, 0.2) is 51.7 Å². The number of hydrogen-bond acceptors (Lipinski definition) is 4. The molecule has 1 heterocycles. The molecule has 0 aliphatic rings. The maximum absolute atomic E-state index is 12.1. The van der Waals surface area contributed by atoms with Crippen LogP contribution in [0.4, 0.5) is 5.69 Å². The van der Waals surface area contributed by atoms with Gasteiger partial charge >= 0.3 is 11.6 Å². The van der Waals surface area contributed by atoms with Crippen molar-refractivity contribution in [3.63, 3.8) is 0 Å². The molecule has 5 nitrogen and oxygen atoms in total. The zero-order valence-corrected chi connectivity index (χ0v) is 15.0. The molecule has 0 fully saturated rings. The van der Waals surface area contributed by atoms with Gasteiger partial charge in [-0.1, -0.05) is 18.2 Å². The Balaban J connectivity index is 2.10. The van der Waals surface area contributed by atoms with Crippen LogP contribution in [0.3, 0.4) is 0 Å². The van der Waals surface area contributed by atoms with Crippen LogP contribution in [0.1, 0.15) is 24.5 Å². The molecule has 0 amide bonds. The van der Waals surface area contributed by atoms with Gasteiger partial charge in [0.25, 0.3) is 0 Å². The van der Waals surface area contributed by atoms with Crippen LogP contribution in [0.2, 0.25) is 0 Å². The highest BCUT2D eigenvalue weighted by atomic mass is 16.4. The molecule has 0 unspecified atom stereocenters. The van der Waals surface area contributed by atoms with E-state index >= 15 is 0 Å². The summed E-state index contributed by atoms with van der Waals surface area (Å²) in [5, 5.41) is 12.9. The van der Waals surface area contributed by atoms with Crippen molar-refractivity contribution in [2.75, 3.05) is 5.32 Å². The zero-order valence-electron chi connectivity index (χ0n) is 15.0. The Morgan fingerprint density at radius 3 is 2.50 bits per heavy atom. The van der Waals surface area contributed by atoms with E-state index in [9.17, 15) is 9.59 Å². The van der Waals surface area contributed by atoms with Crippen LogP contribution in [0.25, 0.3) is 22.1 Å². The molecule has 134 valence electrons. The third kappa shape index (κ3) is 3.61. The first kappa shape index (κ1) is 17.7. The summed E-state index contributed by atoms with van der Waals surface area (Å²) in [6, 6.07) is 12.8. The number of aliphatic carboxylic acids is 1. The van der Waals surface area contributed by atoms with Crippen molar-refractivity contribution in [1.82, 2.24) is 0 Å². The molecule has 0 aliphatic carbocycles. The summed E-state index contributed by atoms with van der Waals surface area (Å²) in [7, 11) is 0. The lowest BCUT2D eigenvalue weighted by Crippen LogP contribution is -2.19. The van der Waals surface area contributed by atoms with Gasteiger partial charge in [0, 0.05) is 34.8 Å². The summed E-state index contributed by atoms with van der Waals surface area (Å²) < 4.78 is 5.39. The van der Waals surface area contributed by atoms with Crippen LogP contribution in [-0.2, 0) is 4.79 Å².